The Morgan fingerprint density at radius 3 is 2.29 bits per heavy atom. The number of halogens is 1. The second-order valence-electron chi connectivity index (χ2n) is 5.06. The highest BCUT2D eigenvalue weighted by Gasteiger charge is 2.27. The zero-order valence-electron chi connectivity index (χ0n) is 12.8. The molecule has 0 saturated heterocycles. The molecular formula is C15H24FNO3S. The first-order valence-corrected chi connectivity index (χ1v) is 8.74. The topological polar surface area (TPSA) is 57.6 Å². The molecule has 0 aliphatic rings. The molecule has 0 aromatic heterocycles. The molecule has 6 heteroatoms. The van der Waals surface area contributed by atoms with Crippen molar-refractivity contribution in [1.29, 1.82) is 0 Å². The summed E-state index contributed by atoms with van der Waals surface area (Å²) in [5.74, 6) is -0.552. The molecule has 0 aliphatic carbocycles. The number of nitrogens with zero attached hydrogens (tertiary/aromatic N) is 1. The summed E-state index contributed by atoms with van der Waals surface area (Å²) in [7, 11) is -3.85. The zero-order valence-corrected chi connectivity index (χ0v) is 13.7. The predicted molar refractivity (Wildman–Crippen MR) is 80.8 cm³/mol. The molecule has 1 aromatic rings. The van der Waals surface area contributed by atoms with Gasteiger partial charge in [0, 0.05) is 13.1 Å². The number of hydrogen-bond donors (Lipinski definition) is 1. The van der Waals surface area contributed by atoms with Gasteiger partial charge in [-0.15, -0.1) is 0 Å². The molecule has 0 bridgehead atoms. The fraction of sp³-hybridized carbons (Fsp3) is 0.600. The van der Waals surface area contributed by atoms with Crippen LogP contribution in [0.5, 0.6) is 0 Å². The molecule has 21 heavy (non-hydrogen) atoms. The van der Waals surface area contributed by atoms with E-state index in [0.717, 1.165) is 18.9 Å². The van der Waals surface area contributed by atoms with E-state index in [0.29, 0.717) is 18.7 Å². The molecule has 0 saturated carbocycles. The van der Waals surface area contributed by atoms with E-state index in [1.807, 2.05) is 13.8 Å². The van der Waals surface area contributed by atoms with Crippen LogP contribution < -0.4 is 0 Å². The second-order valence-corrected chi connectivity index (χ2v) is 6.97. The lowest BCUT2D eigenvalue weighted by molar-refractivity contribution is 0.281. The maximum absolute atomic E-state index is 14.0. The minimum Gasteiger partial charge on any atom is -0.392 e. The zero-order chi connectivity index (χ0) is 16.0. The van der Waals surface area contributed by atoms with Crippen LogP contribution >= 0.6 is 0 Å². The lowest BCUT2D eigenvalue weighted by Gasteiger charge is -2.25. The van der Waals surface area contributed by atoms with Crippen LogP contribution in [0.3, 0.4) is 0 Å². The normalized spacial score (nSPS) is 12.3. The summed E-state index contributed by atoms with van der Waals surface area (Å²) >= 11 is 0. The van der Waals surface area contributed by atoms with Crippen LogP contribution in [0, 0.1) is 11.7 Å². The average Bonchev–Trinajstić information content (AvgIpc) is 2.47. The van der Waals surface area contributed by atoms with Crippen molar-refractivity contribution >= 4 is 10.0 Å². The van der Waals surface area contributed by atoms with Gasteiger partial charge >= 0.3 is 0 Å². The Morgan fingerprint density at radius 1 is 1.24 bits per heavy atom. The fourth-order valence-electron chi connectivity index (χ4n) is 2.22. The maximum Gasteiger partial charge on any atom is 0.245 e. The minimum atomic E-state index is -3.85. The van der Waals surface area contributed by atoms with Crippen molar-refractivity contribution < 1.29 is 17.9 Å². The first-order chi connectivity index (χ1) is 9.90. The monoisotopic (exact) mass is 317 g/mol. The Labute approximate surface area is 126 Å². The van der Waals surface area contributed by atoms with Crippen molar-refractivity contribution in [2.45, 2.75) is 45.1 Å². The molecule has 0 amide bonds. The molecule has 0 radical (unpaired) electrons. The van der Waals surface area contributed by atoms with Gasteiger partial charge in [0.25, 0.3) is 0 Å². The van der Waals surface area contributed by atoms with Crippen LogP contribution in [0.25, 0.3) is 0 Å². The number of sulfonamides is 1. The van der Waals surface area contributed by atoms with E-state index in [-0.39, 0.29) is 17.4 Å². The van der Waals surface area contributed by atoms with Crippen molar-refractivity contribution in [2.24, 2.45) is 5.92 Å². The molecule has 1 aromatic carbocycles. The highest BCUT2D eigenvalue weighted by Crippen LogP contribution is 2.22. The van der Waals surface area contributed by atoms with E-state index in [1.165, 1.54) is 16.4 Å². The molecule has 1 rings (SSSR count). The van der Waals surface area contributed by atoms with Crippen molar-refractivity contribution in [3.8, 4) is 0 Å². The second kappa shape index (κ2) is 7.87. The third-order valence-corrected chi connectivity index (χ3v) is 5.74. The average molecular weight is 317 g/mol. The van der Waals surface area contributed by atoms with Gasteiger partial charge in [0.05, 0.1) is 6.61 Å². The van der Waals surface area contributed by atoms with Crippen molar-refractivity contribution in [3.63, 3.8) is 0 Å². The number of benzene rings is 1. The van der Waals surface area contributed by atoms with Crippen LogP contribution in [0.15, 0.2) is 23.1 Å². The molecule has 120 valence electrons. The molecule has 0 heterocycles. The van der Waals surface area contributed by atoms with Gasteiger partial charge in [-0.05, 0) is 23.6 Å². The Bertz CT molecular complexity index is 556. The lowest BCUT2D eigenvalue weighted by atomic mass is 10.0. The van der Waals surface area contributed by atoms with E-state index < -0.39 is 15.8 Å². The van der Waals surface area contributed by atoms with E-state index >= 15 is 0 Å². The number of rotatable bonds is 8. The standard InChI is InChI=1S/C15H24FNO3S/c1-4-12(5-2)10-17(6-3)21(19,20)15-8-7-13(11-18)9-14(15)16/h7-9,12,18H,4-6,10-11H2,1-3H3. The molecule has 0 unspecified atom stereocenters. The molecular weight excluding hydrogens is 293 g/mol. The summed E-state index contributed by atoms with van der Waals surface area (Å²) in [6.45, 7) is 6.17. The summed E-state index contributed by atoms with van der Waals surface area (Å²) in [6.07, 6.45) is 1.77. The van der Waals surface area contributed by atoms with Gasteiger partial charge in [-0.25, -0.2) is 12.8 Å². The molecule has 0 spiro atoms. The SMILES string of the molecule is CCC(CC)CN(CC)S(=O)(=O)c1ccc(CO)cc1F. The van der Waals surface area contributed by atoms with Crippen molar-refractivity contribution in [2.75, 3.05) is 13.1 Å². The van der Waals surface area contributed by atoms with Crippen LogP contribution in [-0.2, 0) is 16.6 Å². The Kier molecular flexibility index (Phi) is 6.77. The van der Waals surface area contributed by atoms with Crippen molar-refractivity contribution in [3.05, 3.63) is 29.6 Å². The number of hydrogen-bond acceptors (Lipinski definition) is 3. The van der Waals surface area contributed by atoms with Gasteiger partial charge < -0.3 is 5.11 Å². The summed E-state index contributed by atoms with van der Waals surface area (Å²) in [5, 5.41) is 8.97. The van der Waals surface area contributed by atoms with E-state index in [4.69, 9.17) is 5.11 Å². The number of aliphatic hydroxyl groups excluding tert-OH is 1. The first kappa shape index (κ1) is 18.1. The first-order valence-electron chi connectivity index (χ1n) is 7.30. The quantitative estimate of drug-likeness (QED) is 0.802. The number of aliphatic hydroxyl groups is 1. The maximum atomic E-state index is 14.0. The summed E-state index contributed by atoms with van der Waals surface area (Å²) in [5.41, 5.74) is 0.356. The van der Waals surface area contributed by atoms with E-state index in [9.17, 15) is 12.8 Å². The van der Waals surface area contributed by atoms with Gasteiger partial charge in [-0.1, -0.05) is 39.7 Å². The van der Waals surface area contributed by atoms with E-state index in [1.54, 1.807) is 6.92 Å². The summed E-state index contributed by atoms with van der Waals surface area (Å²) < 4.78 is 40.5. The highest BCUT2D eigenvalue weighted by atomic mass is 32.2. The smallest absolute Gasteiger partial charge is 0.245 e. The van der Waals surface area contributed by atoms with Crippen LogP contribution in [0.1, 0.15) is 39.2 Å². The summed E-state index contributed by atoms with van der Waals surface area (Å²) in [6, 6.07) is 3.73. The third-order valence-electron chi connectivity index (χ3n) is 3.77. The third kappa shape index (κ3) is 4.25. The Morgan fingerprint density at radius 2 is 1.86 bits per heavy atom. The van der Waals surface area contributed by atoms with E-state index in [2.05, 4.69) is 0 Å². The minimum absolute atomic E-state index is 0.263. The van der Waals surface area contributed by atoms with Gasteiger partial charge in [-0.2, -0.15) is 4.31 Å². The molecule has 1 N–H and O–H groups in total. The van der Waals surface area contributed by atoms with Crippen LogP contribution in [0.4, 0.5) is 4.39 Å². The fourth-order valence-corrected chi connectivity index (χ4v) is 3.79. The van der Waals surface area contributed by atoms with Crippen LogP contribution in [-0.4, -0.2) is 30.9 Å². The van der Waals surface area contributed by atoms with Gasteiger partial charge in [-0.3, -0.25) is 0 Å². The Hall–Kier alpha value is -0.980. The molecule has 0 fully saturated rings. The van der Waals surface area contributed by atoms with Crippen molar-refractivity contribution in [1.82, 2.24) is 4.31 Å². The predicted octanol–water partition coefficient (Wildman–Crippen LogP) is 2.76. The molecule has 0 aliphatic heterocycles. The highest BCUT2D eigenvalue weighted by molar-refractivity contribution is 7.89. The van der Waals surface area contributed by atoms with Gasteiger partial charge in [0.2, 0.25) is 10.0 Å². The van der Waals surface area contributed by atoms with Crippen LogP contribution in [0.2, 0.25) is 0 Å². The Balaban J connectivity index is 3.12. The lowest BCUT2D eigenvalue weighted by Crippen LogP contribution is -2.35. The van der Waals surface area contributed by atoms with Gasteiger partial charge in [0.15, 0.2) is 0 Å². The van der Waals surface area contributed by atoms with Gasteiger partial charge in [0.1, 0.15) is 10.7 Å². The largest absolute Gasteiger partial charge is 0.392 e. The molecule has 4 nitrogen and oxygen atoms in total. The molecule has 0 atom stereocenters. The summed E-state index contributed by atoms with van der Waals surface area (Å²) in [4.78, 5) is -0.326.